The van der Waals surface area contributed by atoms with Crippen LogP contribution in [0.2, 0.25) is 0 Å². The average molecular weight is 717 g/mol. The van der Waals surface area contributed by atoms with Gasteiger partial charge in [-0.15, -0.1) is 0 Å². The highest BCUT2D eigenvalue weighted by Gasteiger charge is 2.44. The normalized spacial score (nSPS) is 20.2. The Morgan fingerprint density at radius 3 is 1.47 bits per heavy atom. The molecule has 51 heavy (non-hydrogen) atoms. The number of esters is 2. The van der Waals surface area contributed by atoms with Gasteiger partial charge in [-0.05, 0) is 49.9 Å². The molecule has 0 saturated heterocycles. The highest BCUT2D eigenvalue weighted by Crippen LogP contribution is 2.49. The molecule has 1 aliphatic carbocycles. The summed E-state index contributed by atoms with van der Waals surface area (Å²) in [6.07, 6.45) is 30.5. The molecule has 0 radical (unpaired) electrons. The maximum atomic E-state index is 12.5. The van der Waals surface area contributed by atoms with E-state index in [1.807, 2.05) is 12.4 Å². The predicted molar refractivity (Wildman–Crippen MR) is 219 cm³/mol. The minimum atomic E-state index is -0.324. The van der Waals surface area contributed by atoms with Crippen LogP contribution in [-0.2, 0) is 19.1 Å². The highest BCUT2D eigenvalue weighted by molar-refractivity contribution is 5.71. The summed E-state index contributed by atoms with van der Waals surface area (Å²) in [4.78, 5) is 35.1. The van der Waals surface area contributed by atoms with E-state index >= 15 is 0 Å². The molecule has 1 rings (SSSR count). The summed E-state index contributed by atoms with van der Waals surface area (Å²) in [6.45, 7) is 22.9. The van der Waals surface area contributed by atoms with Crippen molar-refractivity contribution in [3.8, 4) is 0 Å². The molecular weight excluding hydrogens is 633 g/mol. The molecule has 3 unspecified atom stereocenters. The molecule has 6 nitrogen and oxygen atoms in total. The average Bonchev–Trinajstić information content (AvgIpc) is 3.06. The number of rotatable bonds is 29. The number of hydrogen-bond acceptors (Lipinski definition) is 6. The molecule has 0 spiro atoms. The number of carbonyl (C=O) groups excluding carboxylic acids is 2. The Bertz CT molecular complexity index is 1000. The molecule has 1 saturated carbocycles. The molecule has 0 N–H and O–H groups in total. The van der Waals surface area contributed by atoms with Gasteiger partial charge in [0.15, 0.2) is 0 Å². The predicted octanol–water partition coefficient (Wildman–Crippen LogP) is 13.1. The standard InChI is InChI=1S/C45H84N2O4/c1-11-13-15-17-19-21-23-25-27-29-40(48)50-36-43(6,7)34-46-38(3)45(10)32-39(31-42(4,5)33-45)47-35-44(8,9)37-51-41(49)30-28-26-24-22-20-18-16-14-12-2/h34-35,38-39H,11-33,36-37H2,1-10H3. The first-order chi connectivity index (χ1) is 24.0. The van der Waals surface area contributed by atoms with Crippen LogP contribution >= 0.6 is 0 Å². The second-order valence-corrected chi connectivity index (χ2v) is 18.7. The van der Waals surface area contributed by atoms with Gasteiger partial charge in [0.05, 0.1) is 12.1 Å². The van der Waals surface area contributed by atoms with Crippen molar-refractivity contribution in [1.82, 2.24) is 0 Å². The van der Waals surface area contributed by atoms with Gasteiger partial charge in [0.25, 0.3) is 0 Å². The molecule has 0 aromatic rings. The zero-order valence-corrected chi connectivity index (χ0v) is 35.5. The molecular formula is C45H84N2O4. The third kappa shape index (κ3) is 23.5. The van der Waals surface area contributed by atoms with Crippen molar-refractivity contribution in [2.75, 3.05) is 13.2 Å². The summed E-state index contributed by atoms with van der Waals surface area (Å²) >= 11 is 0. The smallest absolute Gasteiger partial charge is 0.305 e. The van der Waals surface area contributed by atoms with Crippen LogP contribution in [0.4, 0.5) is 0 Å². The van der Waals surface area contributed by atoms with Crippen molar-refractivity contribution in [1.29, 1.82) is 0 Å². The van der Waals surface area contributed by atoms with E-state index in [1.54, 1.807) is 0 Å². The molecule has 0 bridgehead atoms. The second kappa shape index (κ2) is 25.3. The van der Waals surface area contributed by atoms with Crippen LogP contribution in [0.3, 0.4) is 0 Å². The minimum absolute atomic E-state index is 0.00483. The monoisotopic (exact) mass is 717 g/mol. The fourth-order valence-corrected chi connectivity index (χ4v) is 7.62. The molecule has 0 aromatic heterocycles. The van der Waals surface area contributed by atoms with Crippen LogP contribution < -0.4 is 0 Å². The second-order valence-electron chi connectivity index (χ2n) is 18.7. The Hall–Kier alpha value is -1.72. The summed E-state index contributed by atoms with van der Waals surface area (Å²) < 4.78 is 11.4. The first kappa shape index (κ1) is 47.3. The Balaban J connectivity index is 2.51. The number of unbranched alkanes of at least 4 members (excludes halogenated alkanes) is 16. The largest absolute Gasteiger partial charge is 0.465 e. The first-order valence-corrected chi connectivity index (χ1v) is 21.4. The van der Waals surface area contributed by atoms with E-state index in [1.165, 1.54) is 89.9 Å². The van der Waals surface area contributed by atoms with Gasteiger partial charge in [0.1, 0.15) is 13.2 Å². The van der Waals surface area contributed by atoms with Crippen LogP contribution in [-0.4, -0.2) is 49.7 Å². The number of carbonyl (C=O) groups is 2. The lowest BCUT2D eigenvalue weighted by atomic mass is 9.60. The van der Waals surface area contributed by atoms with Crippen LogP contribution in [0.15, 0.2) is 9.98 Å². The van der Waals surface area contributed by atoms with E-state index in [0.717, 1.165) is 44.9 Å². The lowest BCUT2D eigenvalue weighted by Crippen LogP contribution is -2.43. The third-order valence-electron chi connectivity index (χ3n) is 10.8. The van der Waals surface area contributed by atoms with Gasteiger partial charge in [-0.2, -0.15) is 0 Å². The van der Waals surface area contributed by atoms with Crippen molar-refractivity contribution >= 4 is 24.4 Å². The molecule has 0 aromatic carbocycles. The molecule has 3 atom stereocenters. The van der Waals surface area contributed by atoms with Crippen molar-refractivity contribution in [2.45, 2.75) is 229 Å². The number of aliphatic imine (C=N–C) groups is 2. The van der Waals surface area contributed by atoms with Gasteiger partial charge in [-0.25, -0.2) is 0 Å². The fraction of sp³-hybridized carbons (Fsp3) is 0.911. The number of hydrogen-bond donors (Lipinski definition) is 0. The Labute approximate surface area is 316 Å². The topological polar surface area (TPSA) is 77.3 Å². The summed E-state index contributed by atoms with van der Waals surface area (Å²) in [7, 11) is 0. The van der Waals surface area contributed by atoms with E-state index in [9.17, 15) is 9.59 Å². The van der Waals surface area contributed by atoms with E-state index < -0.39 is 0 Å². The summed E-state index contributed by atoms with van der Waals surface area (Å²) in [6, 6.07) is 0.310. The summed E-state index contributed by atoms with van der Waals surface area (Å²) in [5.41, 5.74) is -0.499. The van der Waals surface area contributed by atoms with Crippen LogP contribution in [0, 0.1) is 21.7 Å². The Morgan fingerprint density at radius 1 is 0.647 bits per heavy atom. The zero-order valence-electron chi connectivity index (χ0n) is 35.5. The molecule has 0 amide bonds. The zero-order chi connectivity index (χ0) is 38.2. The lowest BCUT2D eigenvalue weighted by Gasteiger charge is -2.47. The van der Waals surface area contributed by atoms with Crippen LogP contribution in [0.25, 0.3) is 0 Å². The summed E-state index contributed by atoms with van der Waals surface area (Å²) in [5, 5.41) is 0. The van der Waals surface area contributed by atoms with Gasteiger partial charge in [0, 0.05) is 36.1 Å². The van der Waals surface area contributed by atoms with Crippen molar-refractivity contribution in [2.24, 2.45) is 31.6 Å². The fourth-order valence-electron chi connectivity index (χ4n) is 7.62. The van der Waals surface area contributed by atoms with Gasteiger partial charge < -0.3 is 9.47 Å². The quantitative estimate of drug-likeness (QED) is 0.0438. The van der Waals surface area contributed by atoms with E-state index in [0.29, 0.717) is 26.1 Å². The molecule has 298 valence electrons. The Morgan fingerprint density at radius 2 is 1.04 bits per heavy atom. The van der Waals surface area contributed by atoms with Crippen LogP contribution in [0.1, 0.15) is 217 Å². The maximum Gasteiger partial charge on any atom is 0.305 e. The van der Waals surface area contributed by atoms with Crippen LogP contribution in [0.5, 0.6) is 0 Å². The lowest BCUT2D eigenvalue weighted by molar-refractivity contribution is -0.146. The summed E-state index contributed by atoms with van der Waals surface area (Å²) in [5.74, 6) is -0.181. The molecule has 1 aliphatic rings. The highest BCUT2D eigenvalue weighted by atomic mass is 16.5. The minimum Gasteiger partial charge on any atom is -0.465 e. The maximum absolute atomic E-state index is 12.5. The molecule has 0 heterocycles. The van der Waals surface area contributed by atoms with Gasteiger partial charge in [-0.3, -0.25) is 19.6 Å². The number of ether oxygens (including phenoxy) is 2. The van der Waals surface area contributed by atoms with E-state index in [2.05, 4.69) is 69.2 Å². The van der Waals surface area contributed by atoms with Gasteiger partial charge in [0.2, 0.25) is 0 Å². The number of nitrogens with zero attached hydrogens (tertiary/aromatic N) is 2. The third-order valence-corrected chi connectivity index (χ3v) is 10.8. The van der Waals surface area contributed by atoms with Gasteiger partial charge >= 0.3 is 11.9 Å². The van der Waals surface area contributed by atoms with Gasteiger partial charge in [-0.1, -0.05) is 165 Å². The van der Waals surface area contributed by atoms with Crippen molar-refractivity contribution in [3.05, 3.63) is 0 Å². The van der Waals surface area contributed by atoms with Crippen molar-refractivity contribution < 1.29 is 19.1 Å². The van der Waals surface area contributed by atoms with E-state index in [4.69, 9.17) is 19.5 Å². The Kier molecular flexibility index (Phi) is 23.5. The molecule has 6 heteroatoms. The molecule has 0 aliphatic heterocycles. The van der Waals surface area contributed by atoms with Crippen molar-refractivity contribution in [3.63, 3.8) is 0 Å². The first-order valence-electron chi connectivity index (χ1n) is 21.4. The SMILES string of the molecule is CCCCCCCCCCCC(=O)OCC(C)(C)C=NC1CC(C)(C)CC(C)(C(C)N=CC(C)(C)COC(=O)CCCCCCCCCCC)C1. The van der Waals surface area contributed by atoms with E-state index in [-0.39, 0.29) is 45.7 Å². The molecule has 1 fully saturated rings.